The first kappa shape index (κ1) is 29.1. The number of imidazole rings is 1. The van der Waals surface area contributed by atoms with Crippen LogP contribution in [0.25, 0.3) is 0 Å². The molecule has 1 aromatic heterocycles. The number of nitro benzene ring substituents is 1. The van der Waals surface area contributed by atoms with Gasteiger partial charge in [-0.2, -0.15) is 0 Å². The number of non-ortho nitro benzene ring substituents is 1. The molecule has 3 aliphatic rings. The Morgan fingerprint density at radius 1 is 1.16 bits per heavy atom. The minimum absolute atomic E-state index is 0.0688. The number of aromatic nitrogens is 2. The smallest absolute Gasteiger partial charge is 0.355 e. The molecule has 1 amide bonds. The molecule has 222 valence electrons. The van der Waals surface area contributed by atoms with E-state index < -0.39 is 38.6 Å². The summed E-state index contributed by atoms with van der Waals surface area (Å²) >= 11 is 4.84. The molecule has 0 bridgehead atoms. The molecule has 0 saturated carbocycles. The number of esters is 2. The summed E-state index contributed by atoms with van der Waals surface area (Å²) in [6.45, 7) is 4.05. The van der Waals surface area contributed by atoms with Crippen molar-refractivity contribution in [3.05, 3.63) is 105 Å². The number of alkyl halides is 1. The summed E-state index contributed by atoms with van der Waals surface area (Å²) in [6.07, 6.45) is 0.796. The van der Waals surface area contributed by atoms with Crippen LogP contribution in [0.3, 0.4) is 0 Å². The number of ether oxygens (including phenoxy) is 2. The molecule has 6 rings (SSSR count). The van der Waals surface area contributed by atoms with E-state index in [4.69, 9.17) is 14.5 Å². The van der Waals surface area contributed by atoms with Crippen LogP contribution in [-0.4, -0.2) is 58.4 Å². The molecule has 1 fully saturated rings. The molecule has 0 radical (unpaired) electrons. The summed E-state index contributed by atoms with van der Waals surface area (Å²) in [5.74, 6) is -0.924. The van der Waals surface area contributed by atoms with Gasteiger partial charge in [0.2, 0.25) is 0 Å². The van der Waals surface area contributed by atoms with Gasteiger partial charge in [-0.3, -0.25) is 29.5 Å². The fourth-order valence-corrected chi connectivity index (χ4v) is 7.65. The molecule has 1 saturated heterocycles. The molecule has 3 atom stereocenters. The highest BCUT2D eigenvalue weighted by atomic mass is 79.9. The van der Waals surface area contributed by atoms with Crippen molar-refractivity contribution in [3.8, 4) is 0 Å². The minimum atomic E-state index is -1.35. The Bertz CT molecular complexity index is 1630. The SMILES string of the molecule is CC(=O)OC(c1cn2c(n1)CN(Cc1ccccc1)CC2)C1(Br)C(=O)N2C(C(=O)OCc3ccc([N+](=O)[O-])cc3)=CS[C@@H]21. The fraction of sp³-hybridized carbons (Fsp3) is 0.310. The first-order valence-corrected chi connectivity index (χ1v) is 15.2. The van der Waals surface area contributed by atoms with Crippen LogP contribution in [0, 0.1) is 10.1 Å². The van der Waals surface area contributed by atoms with Gasteiger partial charge in [-0.25, -0.2) is 9.78 Å². The summed E-state index contributed by atoms with van der Waals surface area (Å²) in [4.78, 5) is 57.6. The van der Waals surface area contributed by atoms with Gasteiger partial charge in [0.25, 0.3) is 11.6 Å². The minimum Gasteiger partial charge on any atom is -0.456 e. The van der Waals surface area contributed by atoms with Crippen LogP contribution in [0.5, 0.6) is 0 Å². The van der Waals surface area contributed by atoms with Gasteiger partial charge in [-0.15, -0.1) is 11.8 Å². The number of halogens is 1. The van der Waals surface area contributed by atoms with E-state index in [0.717, 1.165) is 18.9 Å². The van der Waals surface area contributed by atoms with Crippen molar-refractivity contribution < 1.29 is 28.8 Å². The van der Waals surface area contributed by atoms with Crippen molar-refractivity contribution in [1.29, 1.82) is 0 Å². The van der Waals surface area contributed by atoms with E-state index in [1.54, 1.807) is 5.41 Å². The number of amides is 1. The number of hydrogen-bond donors (Lipinski definition) is 0. The van der Waals surface area contributed by atoms with Gasteiger partial charge in [0, 0.05) is 50.3 Å². The van der Waals surface area contributed by atoms with Gasteiger partial charge < -0.3 is 14.0 Å². The van der Waals surface area contributed by atoms with Crippen molar-refractivity contribution in [2.75, 3.05) is 6.54 Å². The molecule has 14 heteroatoms. The molecule has 12 nitrogen and oxygen atoms in total. The van der Waals surface area contributed by atoms with Crippen LogP contribution < -0.4 is 0 Å². The van der Waals surface area contributed by atoms with Crippen molar-refractivity contribution in [2.24, 2.45) is 0 Å². The second kappa shape index (κ2) is 11.6. The molecule has 4 heterocycles. The van der Waals surface area contributed by atoms with E-state index in [1.165, 1.54) is 53.4 Å². The van der Waals surface area contributed by atoms with E-state index in [9.17, 15) is 24.5 Å². The first-order chi connectivity index (χ1) is 20.6. The average molecular weight is 669 g/mol. The quantitative estimate of drug-likeness (QED) is 0.108. The van der Waals surface area contributed by atoms with Gasteiger partial charge in [0.05, 0.1) is 11.5 Å². The Labute approximate surface area is 258 Å². The number of nitro groups is 1. The third-order valence-electron chi connectivity index (χ3n) is 7.52. The van der Waals surface area contributed by atoms with Crippen LogP contribution >= 0.6 is 27.7 Å². The zero-order valence-electron chi connectivity index (χ0n) is 22.9. The number of fused-ring (bicyclic) bond motifs is 2. The van der Waals surface area contributed by atoms with Gasteiger partial charge >= 0.3 is 11.9 Å². The Morgan fingerprint density at radius 3 is 2.60 bits per heavy atom. The normalized spacial score (nSPS) is 21.7. The molecular formula is C29H26BrN5O7S. The lowest BCUT2D eigenvalue weighted by Gasteiger charge is -2.51. The van der Waals surface area contributed by atoms with Gasteiger partial charge in [0.15, 0.2) is 10.4 Å². The number of carbonyl (C=O) groups is 3. The van der Waals surface area contributed by atoms with Crippen molar-refractivity contribution in [2.45, 2.75) is 49.0 Å². The second-order valence-electron chi connectivity index (χ2n) is 10.4. The molecule has 0 N–H and O–H groups in total. The van der Waals surface area contributed by atoms with E-state index in [1.807, 2.05) is 29.0 Å². The monoisotopic (exact) mass is 667 g/mol. The maximum atomic E-state index is 13.7. The highest BCUT2D eigenvalue weighted by Gasteiger charge is 2.69. The molecule has 0 aliphatic carbocycles. The highest BCUT2D eigenvalue weighted by molar-refractivity contribution is 9.10. The molecule has 43 heavy (non-hydrogen) atoms. The molecular weight excluding hydrogens is 642 g/mol. The van der Waals surface area contributed by atoms with Crippen LogP contribution in [0.15, 0.2) is 71.9 Å². The number of thioether (sulfide) groups is 1. The van der Waals surface area contributed by atoms with E-state index in [2.05, 4.69) is 33.0 Å². The number of hydrogen-bond acceptors (Lipinski definition) is 10. The zero-order valence-corrected chi connectivity index (χ0v) is 25.3. The lowest BCUT2D eigenvalue weighted by molar-refractivity contribution is -0.384. The largest absolute Gasteiger partial charge is 0.456 e. The second-order valence-corrected chi connectivity index (χ2v) is 12.7. The lowest BCUT2D eigenvalue weighted by atomic mass is 9.89. The number of carbonyl (C=O) groups excluding carboxylic acids is 3. The Balaban J connectivity index is 1.15. The summed E-state index contributed by atoms with van der Waals surface area (Å²) < 4.78 is 11.8. The number of rotatable bonds is 9. The molecule has 2 aromatic carbocycles. The predicted molar refractivity (Wildman–Crippen MR) is 158 cm³/mol. The maximum absolute atomic E-state index is 13.7. The number of nitrogens with zero attached hydrogens (tertiary/aromatic N) is 5. The first-order valence-electron chi connectivity index (χ1n) is 13.4. The van der Waals surface area contributed by atoms with Crippen molar-refractivity contribution in [3.63, 3.8) is 0 Å². The van der Waals surface area contributed by atoms with E-state index in [-0.39, 0.29) is 18.0 Å². The molecule has 3 aliphatic heterocycles. The third kappa shape index (κ3) is 5.45. The lowest BCUT2D eigenvalue weighted by Crippen LogP contribution is -2.70. The summed E-state index contributed by atoms with van der Waals surface area (Å²) in [5.41, 5.74) is 2.21. The van der Waals surface area contributed by atoms with E-state index in [0.29, 0.717) is 24.3 Å². The summed E-state index contributed by atoms with van der Waals surface area (Å²) in [5, 5.41) is 11.8. The standard InChI is InChI=1S/C29H26BrN5O7S/c1-18(36)42-25(22-14-33-12-11-32(15-24(33)31-22)13-19-5-3-2-4-6-19)29(30)27(38)34-23(17-43-28(29)34)26(37)41-16-20-7-9-21(10-8-20)35(39)40/h2-10,14,17,25,28H,11-13,15-16H2,1H3/t25?,28-,29?/m1/s1. The Hall–Kier alpha value is -4.01. The van der Waals surface area contributed by atoms with Crippen molar-refractivity contribution >= 4 is 51.2 Å². The van der Waals surface area contributed by atoms with Crippen LogP contribution in [0.4, 0.5) is 5.69 Å². The number of benzene rings is 2. The predicted octanol–water partition coefficient (Wildman–Crippen LogP) is 4.04. The maximum Gasteiger partial charge on any atom is 0.355 e. The van der Waals surface area contributed by atoms with Gasteiger partial charge in [-0.1, -0.05) is 46.3 Å². The van der Waals surface area contributed by atoms with Gasteiger partial charge in [-0.05, 0) is 23.3 Å². The molecule has 3 aromatic rings. The average Bonchev–Trinajstić information content (AvgIpc) is 3.62. The number of β-lactam (4-membered cyclic amide) rings is 1. The van der Waals surface area contributed by atoms with Crippen LogP contribution in [-0.2, 0) is 50.1 Å². The van der Waals surface area contributed by atoms with Crippen molar-refractivity contribution in [1.82, 2.24) is 19.4 Å². The Kier molecular flexibility index (Phi) is 7.83. The van der Waals surface area contributed by atoms with Crippen LogP contribution in [0.1, 0.15) is 35.7 Å². The third-order valence-corrected chi connectivity index (χ3v) is 10.2. The Morgan fingerprint density at radius 2 is 1.91 bits per heavy atom. The summed E-state index contributed by atoms with van der Waals surface area (Å²) in [7, 11) is 0. The van der Waals surface area contributed by atoms with Gasteiger partial charge in [0.1, 0.15) is 29.2 Å². The molecule has 0 spiro atoms. The van der Waals surface area contributed by atoms with E-state index >= 15 is 0 Å². The highest BCUT2D eigenvalue weighted by Crippen LogP contribution is 2.58. The zero-order chi connectivity index (χ0) is 30.3. The molecule has 2 unspecified atom stereocenters. The summed E-state index contributed by atoms with van der Waals surface area (Å²) in [6, 6.07) is 15.8. The van der Waals surface area contributed by atoms with Crippen LogP contribution in [0.2, 0.25) is 0 Å². The fourth-order valence-electron chi connectivity index (χ4n) is 5.38. The topological polar surface area (TPSA) is 137 Å².